The summed E-state index contributed by atoms with van der Waals surface area (Å²) in [5.74, 6) is -3.64. The van der Waals surface area contributed by atoms with Crippen LogP contribution in [0.15, 0.2) is 54.6 Å². The van der Waals surface area contributed by atoms with E-state index in [2.05, 4.69) is 31.9 Å². The Kier molecular flexibility index (Phi) is 12.9. The molecule has 2 fully saturated rings. The first kappa shape index (κ1) is 35.6. The molecule has 2 aromatic carbocycles. The molecule has 0 spiro atoms. The molecule has 6 amide bonds. The Labute approximate surface area is 280 Å². The molecule has 4 rings (SSSR count). The maximum absolute atomic E-state index is 13.9. The maximum Gasteiger partial charge on any atom is 0.244 e. The van der Waals surface area contributed by atoms with Gasteiger partial charge in [0.15, 0.2) is 0 Å². The molecule has 2 bridgehead atoms. The monoisotopic (exact) mass is 684 g/mol. The lowest BCUT2D eigenvalue weighted by molar-refractivity contribution is -0.137. The topological polar surface area (TPSA) is 195 Å². The van der Waals surface area contributed by atoms with Crippen LogP contribution >= 0.6 is 21.6 Å². The zero-order valence-electron chi connectivity index (χ0n) is 26.1. The molecule has 47 heavy (non-hydrogen) atoms. The van der Waals surface area contributed by atoms with Crippen molar-refractivity contribution < 1.29 is 33.9 Å². The van der Waals surface area contributed by atoms with Crippen molar-refractivity contribution in [1.82, 2.24) is 31.9 Å². The van der Waals surface area contributed by atoms with Crippen LogP contribution in [0.2, 0.25) is 0 Å². The predicted molar refractivity (Wildman–Crippen MR) is 179 cm³/mol. The van der Waals surface area contributed by atoms with E-state index in [9.17, 15) is 33.9 Å². The summed E-state index contributed by atoms with van der Waals surface area (Å²) in [7, 11) is 2.69. The molecule has 13 nitrogen and oxygen atoms in total. The predicted octanol–water partition coefficient (Wildman–Crippen LogP) is 0.172. The van der Waals surface area contributed by atoms with E-state index >= 15 is 0 Å². The summed E-state index contributed by atoms with van der Waals surface area (Å²) in [5, 5.41) is 26.1. The van der Waals surface area contributed by atoms with Crippen molar-refractivity contribution in [1.29, 1.82) is 0 Å². The third kappa shape index (κ3) is 10.6. The quantitative estimate of drug-likeness (QED) is 0.215. The Morgan fingerprint density at radius 1 is 0.681 bits per heavy atom. The van der Waals surface area contributed by atoms with E-state index in [1.807, 2.05) is 6.07 Å². The van der Waals surface area contributed by atoms with Crippen molar-refractivity contribution in [3.8, 4) is 5.75 Å². The fourth-order valence-corrected chi connectivity index (χ4v) is 7.14. The fraction of sp³-hybridized carbons (Fsp3) is 0.438. The Morgan fingerprint density at radius 2 is 1.28 bits per heavy atom. The standard InChI is InChI=1S/C32H40N6O7S2/c1-18(2)27-32(45)37-25-17-47-46-13-12-33-28(41)24(16-26(40)38-27)36-30(43)23(15-20-8-10-21(39)11-9-20)34-29(42)22(35-31(25)44)14-19-6-4-3-5-7-19/h3-11,18,22-25,27,39H,12-17H2,1-2H3,(H,33,41)(H,34,42)(H,35,44)(H,36,43)(H,37,45)(H,38,40)/t22-,23-,24-,25+,27+/m0/s1. The van der Waals surface area contributed by atoms with Gasteiger partial charge in [-0.2, -0.15) is 0 Å². The first-order valence-electron chi connectivity index (χ1n) is 15.3. The van der Waals surface area contributed by atoms with E-state index in [4.69, 9.17) is 0 Å². The van der Waals surface area contributed by atoms with E-state index in [0.717, 1.165) is 5.56 Å². The number of hydrogen-bond acceptors (Lipinski definition) is 9. The molecule has 15 heteroatoms. The molecule has 2 aliphatic heterocycles. The number of carbonyl (C=O) groups excluding carboxylic acids is 6. The van der Waals surface area contributed by atoms with Gasteiger partial charge in [0, 0.05) is 30.9 Å². The lowest BCUT2D eigenvalue weighted by Gasteiger charge is -2.29. The van der Waals surface area contributed by atoms with Crippen LogP contribution in [0.4, 0.5) is 0 Å². The van der Waals surface area contributed by atoms with Gasteiger partial charge >= 0.3 is 0 Å². The van der Waals surface area contributed by atoms with Crippen LogP contribution in [0.3, 0.4) is 0 Å². The second kappa shape index (κ2) is 17.1. The second-order valence-corrected chi connectivity index (χ2v) is 14.3. The van der Waals surface area contributed by atoms with Gasteiger partial charge < -0.3 is 37.0 Å². The Bertz CT molecular complexity index is 1440. The first-order valence-corrected chi connectivity index (χ1v) is 17.8. The van der Waals surface area contributed by atoms with Crippen molar-refractivity contribution in [2.75, 3.05) is 18.1 Å². The molecular formula is C32H40N6O7S2. The highest BCUT2D eigenvalue weighted by Crippen LogP contribution is 2.22. The minimum Gasteiger partial charge on any atom is -0.508 e. The number of benzene rings is 2. The summed E-state index contributed by atoms with van der Waals surface area (Å²) in [6, 6.07) is 9.32. The minimum absolute atomic E-state index is 0.0173. The number of fused-ring (bicyclic) bond motifs is 7. The van der Waals surface area contributed by atoms with Crippen LogP contribution in [0.1, 0.15) is 31.4 Å². The Hall–Kier alpha value is -4.24. The SMILES string of the molecule is CC(C)[C@H]1NC(=O)C[C@@H]2NC(=O)[C@H](Cc3ccc(O)cc3)NC(=O)[C@H](Cc3ccccc3)NC(=O)[C@@H](CSSCCNC2=O)NC1=O. The summed E-state index contributed by atoms with van der Waals surface area (Å²) in [6.07, 6.45) is -0.410. The normalized spacial score (nSPS) is 25.4. The van der Waals surface area contributed by atoms with Crippen LogP contribution in [0, 0.1) is 5.92 Å². The summed E-state index contributed by atoms with van der Waals surface area (Å²) in [4.78, 5) is 81.6. The van der Waals surface area contributed by atoms with E-state index in [1.54, 1.807) is 50.2 Å². The van der Waals surface area contributed by atoms with E-state index < -0.39 is 72.1 Å². The summed E-state index contributed by atoms with van der Waals surface area (Å²) < 4.78 is 0. The van der Waals surface area contributed by atoms with E-state index in [1.165, 1.54) is 33.7 Å². The van der Waals surface area contributed by atoms with Crippen LogP contribution in [0.25, 0.3) is 0 Å². The van der Waals surface area contributed by atoms with Crippen molar-refractivity contribution in [3.63, 3.8) is 0 Å². The Morgan fingerprint density at radius 3 is 1.94 bits per heavy atom. The van der Waals surface area contributed by atoms with Crippen LogP contribution in [0.5, 0.6) is 5.75 Å². The lowest BCUT2D eigenvalue weighted by Crippen LogP contribution is -2.62. The number of carbonyl (C=O) groups is 6. The molecule has 2 aromatic rings. The summed E-state index contributed by atoms with van der Waals surface area (Å²) in [6.45, 7) is 3.68. The highest BCUT2D eigenvalue weighted by Gasteiger charge is 2.35. The molecule has 252 valence electrons. The number of phenols is 1. The maximum atomic E-state index is 13.9. The molecule has 0 aromatic heterocycles. The van der Waals surface area contributed by atoms with Gasteiger partial charge in [0.1, 0.15) is 36.0 Å². The molecule has 2 saturated heterocycles. The fourth-order valence-electron chi connectivity index (χ4n) is 5.07. The lowest BCUT2D eigenvalue weighted by atomic mass is 10.0. The number of hydrogen-bond donors (Lipinski definition) is 7. The third-order valence-electron chi connectivity index (χ3n) is 7.65. The average Bonchev–Trinajstić information content (AvgIpc) is 3.04. The van der Waals surface area contributed by atoms with Gasteiger partial charge in [-0.3, -0.25) is 28.8 Å². The zero-order chi connectivity index (χ0) is 33.9. The first-order chi connectivity index (χ1) is 22.5. The average molecular weight is 685 g/mol. The third-order valence-corrected chi connectivity index (χ3v) is 10.1. The summed E-state index contributed by atoms with van der Waals surface area (Å²) in [5.41, 5.74) is 1.35. The van der Waals surface area contributed by atoms with Crippen LogP contribution in [-0.2, 0) is 41.6 Å². The van der Waals surface area contributed by atoms with Gasteiger partial charge in [-0.05, 0) is 29.2 Å². The molecule has 2 heterocycles. The van der Waals surface area contributed by atoms with Crippen molar-refractivity contribution in [2.24, 2.45) is 5.92 Å². The van der Waals surface area contributed by atoms with Gasteiger partial charge in [0.05, 0.1) is 6.42 Å². The van der Waals surface area contributed by atoms with Gasteiger partial charge in [-0.25, -0.2) is 0 Å². The van der Waals surface area contributed by atoms with Crippen molar-refractivity contribution in [2.45, 2.75) is 63.3 Å². The smallest absolute Gasteiger partial charge is 0.244 e. The number of rotatable bonds is 5. The van der Waals surface area contributed by atoms with Gasteiger partial charge in [0.2, 0.25) is 35.4 Å². The minimum atomic E-state index is -1.32. The van der Waals surface area contributed by atoms with Gasteiger partial charge in [0.25, 0.3) is 0 Å². The molecule has 7 N–H and O–H groups in total. The van der Waals surface area contributed by atoms with Crippen molar-refractivity contribution >= 4 is 57.0 Å². The Balaban J connectivity index is 1.78. The van der Waals surface area contributed by atoms with Crippen molar-refractivity contribution in [3.05, 3.63) is 65.7 Å². The molecule has 2 aliphatic rings. The highest BCUT2D eigenvalue weighted by atomic mass is 33.1. The summed E-state index contributed by atoms with van der Waals surface area (Å²) >= 11 is 0. The molecule has 5 atom stereocenters. The largest absolute Gasteiger partial charge is 0.508 e. The number of amides is 6. The highest BCUT2D eigenvalue weighted by molar-refractivity contribution is 8.76. The van der Waals surface area contributed by atoms with Crippen LogP contribution in [-0.4, -0.2) is 88.8 Å². The molecule has 0 aliphatic carbocycles. The molecule has 0 saturated carbocycles. The molecular weight excluding hydrogens is 645 g/mol. The van der Waals surface area contributed by atoms with E-state index in [-0.39, 0.29) is 36.8 Å². The van der Waals surface area contributed by atoms with Gasteiger partial charge in [-0.1, -0.05) is 77.9 Å². The zero-order valence-corrected chi connectivity index (χ0v) is 27.7. The number of phenolic OH excluding ortho intramolecular Hbond substituents is 1. The van der Waals surface area contributed by atoms with E-state index in [0.29, 0.717) is 11.3 Å². The number of aromatic hydroxyl groups is 1. The van der Waals surface area contributed by atoms with Gasteiger partial charge in [-0.15, -0.1) is 0 Å². The number of nitrogens with one attached hydrogen (secondary N) is 6. The second-order valence-electron chi connectivity index (χ2n) is 11.7. The molecule has 0 radical (unpaired) electrons. The molecule has 0 unspecified atom stereocenters. The van der Waals surface area contributed by atoms with Crippen LogP contribution < -0.4 is 31.9 Å².